The summed E-state index contributed by atoms with van der Waals surface area (Å²) in [6.07, 6.45) is 0.852. The molecule has 5 heteroatoms. The summed E-state index contributed by atoms with van der Waals surface area (Å²) in [6, 6.07) is 2.61. The number of carbonyl (C=O) groups is 1. The number of aryl methyl sites for hydroxylation is 1. The van der Waals surface area contributed by atoms with Crippen LogP contribution in [-0.2, 0) is 4.79 Å². The zero-order valence-corrected chi connectivity index (χ0v) is 9.94. The Morgan fingerprint density at radius 1 is 1.35 bits per heavy atom. The summed E-state index contributed by atoms with van der Waals surface area (Å²) in [5.41, 5.74) is 0.266. The molecular formula is C12H16F2N2O. The van der Waals surface area contributed by atoms with Crippen LogP contribution in [0, 0.1) is 18.6 Å². The van der Waals surface area contributed by atoms with Crippen LogP contribution in [0.25, 0.3) is 0 Å². The van der Waals surface area contributed by atoms with Gasteiger partial charge < -0.3 is 10.6 Å². The number of hydrogen-bond acceptors (Lipinski definition) is 2. The van der Waals surface area contributed by atoms with E-state index in [4.69, 9.17) is 0 Å². The van der Waals surface area contributed by atoms with Gasteiger partial charge >= 0.3 is 0 Å². The molecule has 0 saturated heterocycles. The summed E-state index contributed by atoms with van der Waals surface area (Å²) in [6.45, 7) is 1.93. The molecule has 0 bridgehead atoms. The summed E-state index contributed by atoms with van der Waals surface area (Å²) >= 11 is 0. The molecule has 94 valence electrons. The first-order valence-corrected chi connectivity index (χ1v) is 5.45. The van der Waals surface area contributed by atoms with Gasteiger partial charge in [0, 0.05) is 20.0 Å². The van der Waals surface area contributed by atoms with E-state index >= 15 is 0 Å². The number of nitrogens with one attached hydrogen (secondary N) is 2. The zero-order chi connectivity index (χ0) is 12.8. The van der Waals surface area contributed by atoms with Crippen LogP contribution in [0.1, 0.15) is 18.4 Å². The van der Waals surface area contributed by atoms with Gasteiger partial charge in [0.25, 0.3) is 0 Å². The lowest BCUT2D eigenvalue weighted by molar-refractivity contribution is -0.120. The zero-order valence-electron chi connectivity index (χ0n) is 9.94. The van der Waals surface area contributed by atoms with E-state index in [1.54, 1.807) is 14.0 Å². The van der Waals surface area contributed by atoms with Crippen molar-refractivity contribution in [1.29, 1.82) is 0 Å². The predicted octanol–water partition coefficient (Wildman–Crippen LogP) is 2.21. The van der Waals surface area contributed by atoms with Crippen LogP contribution in [-0.4, -0.2) is 19.5 Å². The van der Waals surface area contributed by atoms with E-state index < -0.39 is 11.6 Å². The van der Waals surface area contributed by atoms with Gasteiger partial charge in [0.2, 0.25) is 5.91 Å². The Morgan fingerprint density at radius 2 is 2.06 bits per heavy atom. The molecule has 1 amide bonds. The molecule has 0 aromatic heterocycles. The molecule has 2 N–H and O–H groups in total. The van der Waals surface area contributed by atoms with E-state index in [-0.39, 0.29) is 11.6 Å². The van der Waals surface area contributed by atoms with Crippen LogP contribution >= 0.6 is 0 Å². The molecule has 0 atom stereocenters. The van der Waals surface area contributed by atoms with Gasteiger partial charge in [-0.25, -0.2) is 8.78 Å². The van der Waals surface area contributed by atoms with Crippen molar-refractivity contribution >= 4 is 11.6 Å². The molecule has 0 fully saturated rings. The Labute approximate surface area is 99.2 Å². The molecule has 0 spiro atoms. The van der Waals surface area contributed by atoms with E-state index in [9.17, 15) is 13.6 Å². The van der Waals surface area contributed by atoms with Gasteiger partial charge in [-0.3, -0.25) is 4.79 Å². The summed E-state index contributed by atoms with van der Waals surface area (Å²) in [5.74, 6) is -1.28. The van der Waals surface area contributed by atoms with Crippen molar-refractivity contribution in [1.82, 2.24) is 5.32 Å². The highest BCUT2D eigenvalue weighted by Crippen LogP contribution is 2.21. The fourth-order valence-electron chi connectivity index (χ4n) is 1.41. The molecular weight excluding hydrogens is 226 g/mol. The van der Waals surface area contributed by atoms with Crippen molar-refractivity contribution in [2.24, 2.45) is 0 Å². The molecule has 0 radical (unpaired) electrons. The lowest BCUT2D eigenvalue weighted by Crippen LogP contribution is -2.18. The lowest BCUT2D eigenvalue weighted by atomic mass is 10.2. The number of rotatable bonds is 5. The van der Waals surface area contributed by atoms with E-state index in [0.29, 0.717) is 24.9 Å². The van der Waals surface area contributed by atoms with Gasteiger partial charge in [-0.2, -0.15) is 0 Å². The second-order valence-electron chi connectivity index (χ2n) is 3.76. The summed E-state index contributed by atoms with van der Waals surface area (Å²) in [7, 11) is 1.55. The fraction of sp³-hybridized carbons (Fsp3) is 0.417. The van der Waals surface area contributed by atoms with Crippen molar-refractivity contribution < 1.29 is 13.6 Å². The molecule has 1 rings (SSSR count). The molecule has 0 heterocycles. The maximum atomic E-state index is 13.5. The van der Waals surface area contributed by atoms with Crippen LogP contribution in [0.2, 0.25) is 0 Å². The van der Waals surface area contributed by atoms with Crippen LogP contribution in [0.4, 0.5) is 14.5 Å². The highest BCUT2D eigenvalue weighted by atomic mass is 19.1. The third-order valence-electron chi connectivity index (χ3n) is 2.45. The maximum absolute atomic E-state index is 13.5. The third-order valence-corrected chi connectivity index (χ3v) is 2.45. The van der Waals surface area contributed by atoms with Gasteiger partial charge in [-0.05, 0) is 25.0 Å². The van der Waals surface area contributed by atoms with Crippen molar-refractivity contribution in [3.63, 3.8) is 0 Å². The summed E-state index contributed by atoms with van der Waals surface area (Å²) in [4.78, 5) is 10.9. The average molecular weight is 242 g/mol. The van der Waals surface area contributed by atoms with Crippen LogP contribution in [0.5, 0.6) is 0 Å². The number of amides is 1. The minimum Gasteiger partial charge on any atom is -0.380 e. The van der Waals surface area contributed by atoms with Crippen molar-refractivity contribution in [3.05, 3.63) is 29.3 Å². The van der Waals surface area contributed by atoms with Gasteiger partial charge in [0.15, 0.2) is 5.82 Å². The number of carbonyl (C=O) groups excluding carboxylic acids is 1. The standard InChI is InChI=1S/C12H16F2N2O/c1-8-5-6-9(13)12(11(8)14)16-7-3-4-10(17)15-2/h5-6,16H,3-4,7H2,1-2H3,(H,15,17). The first-order valence-electron chi connectivity index (χ1n) is 5.45. The highest BCUT2D eigenvalue weighted by Gasteiger charge is 2.10. The molecule has 17 heavy (non-hydrogen) atoms. The minimum absolute atomic E-state index is 0.0861. The summed E-state index contributed by atoms with van der Waals surface area (Å²) in [5, 5.41) is 5.15. The SMILES string of the molecule is CNC(=O)CCCNc1c(F)ccc(C)c1F. The van der Waals surface area contributed by atoms with E-state index in [0.717, 1.165) is 0 Å². The molecule has 0 unspecified atom stereocenters. The molecule has 0 saturated carbocycles. The fourth-order valence-corrected chi connectivity index (χ4v) is 1.41. The third kappa shape index (κ3) is 3.69. The van der Waals surface area contributed by atoms with Crippen molar-refractivity contribution in [2.45, 2.75) is 19.8 Å². The number of anilines is 1. The molecule has 0 aliphatic rings. The molecule has 0 aliphatic heterocycles. The Balaban J connectivity index is 2.52. The first kappa shape index (κ1) is 13.4. The van der Waals surface area contributed by atoms with Crippen LogP contribution in [0.3, 0.4) is 0 Å². The van der Waals surface area contributed by atoms with Gasteiger partial charge in [0.05, 0.1) is 0 Å². The number of halogens is 2. The molecule has 3 nitrogen and oxygen atoms in total. The Kier molecular flexibility index (Phi) is 4.87. The molecule has 1 aromatic carbocycles. The lowest BCUT2D eigenvalue weighted by Gasteiger charge is -2.09. The second kappa shape index (κ2) is 6.18. The Bertz CT molecular complexity index is 408. The largest absolute Gasteiger partial charge is 0.380 e. The summed E-state index contributed by atoms with van der Waals surface area (Å²) < 4.78 is 26.8. The molecule has 1 aromatic rings. The Hall–Kier alpha value is -1.65. The van der Waals surface area contributed by atoms with Crippen LogP contribution < -0.4 is 10.6 Å². The quantitative estimate of drug-likeness (QED) is 0.777. The van der Waals surface area contributed by atoms with E-state index in [2.05, 4.69) is 10.6 Å². The highest BCUT2D eigenvalue weighted by molar-refractivity contribution is 5.75. The monoisotopic (exact) mass is 242 g/mol. The average Bonchev–Trinajstić information content (AvgIpc) is 2.32. The Morgan fingerprint density at radius 3 is 2.71 bits per heavy atom. The predicted molar refractivity (Wildman–Crippen MR) is 62.9 cm³/mol. The normalized spacial score (nSPS) is 10.1. The molecule has 0 aliphatic carbocycles. The van der Waals surface area contributed by atoms with Crippen LogP contribution in [0.15, 0.2) is 12.1 Å². The topological polar surface area (TPSA) is 41.1 Å². The van der Waals surface area contributed by atoms with Gasteiger partial charge in [0.1, 0.15) is 11.5 Å². The maximum Gasteiger partial charge on any atom is 0.219 e. The van der Waals surface area contributed by atoms with E-state index in [1.165, 1.54) is 12.1 Å². The van der Waals surface area contributed by atoms with Crippen molar-refractivity contribution in [3.8, 4) is 0 Å². The second-order valence-corrected chi connectivity index (χ2v) is 3.76. The number of benzene rings is 1. The first-order chi connectivity index (χ1) is 8.06. The van der Waals surface area contributed by atoms with Gasteiger partial charge in [-0.15, -0.1) is 0 Å². The smallest absolute Gasteiger partial charge is 0.219 e. The van der Waals surface area contributed by atoms with Gasteiger partial charge in [-0.1, -0.05) is 6.07 Å². The number of hydrogen-bond donors (Lipinski definition) is 2. The van der Waals surface area contributed by atoms with Crippen molar-refractivity contribution in [2.75, 3.05) is 18.9 Å². The minimum atomic E-state index is -0.618. The van der Waals surface area contributed by atoms with E-state index in [1.807, 2.05) is 0 Å².